The van der Waals surface area contributed by atoms with E-state index in [4.69, 9.17) is 18.9 Å². The van der Waals surface area contributed by atoms with E-state index in [-0.39, 0.29) is 18.9 Å². The molecule has 1 amide bonds. The Bertz CT molecular complexity index is 1930. The standard InChI is InChI=1S/C68H109NO13/c1-3-5-7-9-11-12-13-14-15-16-17-18-19-20-21-22-23-24-25-26-27-28-29-30-31-32-33-34-35-36-37-38-39-40-41-42-43-44-46-48-50-52-60(73)69-56(57(72)51-49-47-45-10-8-6-4-2)55-79-67-65(78)63(76)66(59(54-71)81-67)82-68-64(77)62(75)61(74)58(53-70)80-68/h5,7,11-12,14-15,17-18,20-21,23-24,26-27,29-30,32-33,35-36,38-39,49,51,56-59,61-68,70-72,74-78H,3-4,6,8-10,13,16,19,22,25,28,31,34,37,40-48,50,52-55H2,1-2H3,(H,69,73)/b7-5-,12-11-,15-14-,18-17-,21-20-,24-23-,27-26-,30-29-,33-32-,36-35-,39-38-,51-49+. The van der Waals surface area contributed by atoms with Gasteiger partial charge in [-0.1, -0.05) is 217 Å². The van der Waals surface area contributed by atoms with Crippen molar-refractivity contribution < 1.29 is 64.6 Å². The first kappa shape index (κ1) is 74.0. The first-order valence-electron chi connectivity index (χ1n) is 31.1. The molecule has 82 heavy (non-hydrogen) atoms. The molecule has 2 fully saturated rings. The number of carbonyl (C=O) groups is 1. The van der Waals surface area contributed by atoms with Crippen molar-refractivity contribution in [3.05, 3.63) is 146 Å². The van der Waals surface area contributed by atoms with Gasteiger partial charge in [0.15, 0.2) is 12.6 Å². The van der Waals surface area contributed by atoms with Gasteiger partial charge in [-0.25, -0.2) is 0 Å². The summed E-state index contributed by atoms with van der Waals surface area (Å²) < 4.78 is 22.6. The summed E-state index contributed by atoms with van der Waals surface area (Å²) in [5.74, 6) is -0.263. The minimum Gasteiger partial charge on any atom is -0.394 e. The summed E-state index contributed by atoms with van der Waals surface area (Å²) >= 11 is 0. The van der Waals surface area contributed by atoms with Crippen molar-refractivity contribution in [3.63, 3.8) is 0 Å². The van der Waals surface area contributed by atoms with E-state index in [9.17, 15) is 45.6 Å². The second kappa shape index (κ2) is 51.3. The molecule has 0 spiro atoms. The molecule has 2 saturated heterocycles. The number of aliphatic hydroxyl groups excluding tert-OH is 8. The van der Waals surface area contributed by atoms with E-state index in [2.05, 4.69) is 153 Å². The average Bonchev–Trinajstić information content (AvgIpc) is 3.65. The lowest BCUT2D eigenvalue weighted by Crippen LogP contribution is -2.65. The van der Waals surface area contributed by atoms with Crippen molar-refractivity contribution in [3.8, 4) is 0 Å². The summed E-state index contributed by atoms with van der Waals surface area (Å²) in [7, 11) is 0. The highest BCUT2D eigenvalue weighted by molar-refractivity contribution is 5.76. The predicted molar refractivity (Wildman–Crippen MR) is 331 cm³/mol. The molecule has 2 aliphatic rings. The number of allylic oxidation sites excluding steroid dienone is 23. The number of rotatable bonds is 47. The van der Waals surface area contributed by atoms with Crippen molar-refractivity contribution in [2.75, 3.05) is 19.8 Å². The van der Waals surface area contributed by atoms with Crippen LogP contribution in [0.4, 0.5) is 0 Å². The molecule has 0 radical (unpaired) electrons. The van der Waals surface area contributed by atoms with Crippen LogP contribution in [0.3, 0.4) is 0 Å². The minimum atomic E-state index is -1.79. The Morgan fingerprint density at radius 1 is 0.451 bits per heavy atom. The number of carbonyl (C=O) groups excluding carboxylic acids is 1. The maximum Gasteiger partial charge on any atom is 0.220 e. The van der Waals surface area contributed by atoms with E-state index in [1.54, 1.807) is 6.08 Å². The maximum atomic E-state index is 13.2. The van der Waals surface area contributed by atoms with Gasteiger partial charge in [-0.2, -0.15) is 0 Å². The van der Waals surface area contributed by atoms with E-state index >= 15 is 0 Å². The molecule has 464 valence electrons. The van der Waals surface area contributed by atoms with Crippen molar-refractivity contribution in [1.82, 2.24) is 5.32 Å². The van der Waals surface area contributed by atoms with Gasteiger partial charge in [-0.15, -0.1) is 0 Å². The molecule has 0 aromatic carbocycles. The summed E-state index contributed by atoms with van der Waals surface area (Å²) in [6.07, 6.45) is 60.9. The van der Waals surface area contributed by atoms with Crippen molar-refractivity contribution in [2.24, 2.45) is 0 Å². The van der Waals surface area contributed by atoms with Crippen LogP contribution in [0.15, 0.2) is 146 Å². The van der Waals surface area contributed by atoms with Gasteiger partial charge in [0.05, 0.1) is 32.0 Å². The molecule has 2 rings (SSSR count). The van der Waals surface area contributed by atoms with Gasteiger partial charge < -0.3 is 65.1 Å². The predicted octanol–water partition coefficient (Wildman–Crippen LogP) is 11.3. The third kappa shape index (κ3) is 35.9. The second-order valence-electron chi connectivity index (χ2n) is 21.1. The summed E-state index contributed by atoms with van der Waals surface area (Å²) in [6.45, 7) is 2.57. The molecule has 14 heteroatoms. The summed E-state index contributed by atoms with van der Waals surface area (Å²) in [4.78, 5) is 13.2. The quantitative estimate of drug-likeness (QED) is 0.0204. The summed E-state index contributed by atoms with van der Waals surface area (Å²) in [6, 6.07) is -0.928. The number of amides is 1. The first-order valence-corrected chi connectivity index (χ1v) is 31.1. The average molecular weight is 1150 g/mol. The number of nitrogens with one attached hydrogen (secondary N) is 1. The van der Waals surface area contributed by atoms with Gasteiger partial charge in [-0.05, 0) is 103 Å². The van der Waals surface area contributed by atoms with Gasteiger partial charge in [0.1, 0.15) is 48.8 Å². The molecule has 2 aliphatic heterocycles. The van der Waals surface area contributed by atoms with Crippen molar-refractivity contribution in [2.45, 2.75) is 254 Å². The molecular formula is C68H109NO13. The van der Waals surface area contributed by atoms with Gasteiger partial charge in [-0.3, -0.25) is 4.79 Å². The summed E-state index contributed by atoms with van der Waals surface area (Å²) in [5.41, 5.74) is 0. The van der Waals surface area contributed by atoms with E-state index in [0.717, 1.165) is 148 Å². The third-order valence-corrected chi connectivity index (χ3v) is 14.0. The highest BCUT2D eigenvalue weighted by Gasteiger charge is 2.51. The lowest BCUT2D eigenvalue weighted by atomic mass is 9.97. The topological polar surface area (TPSA) is 228 Å². The van der Waals surface area contributed by atoms with Crippen LogP contribution in [0.25, 0.3) is 0 Å². The van der Waals surface area contributed by atoms with Crippen LogP contribution in [0, 0.1) is 0 Å². The van der Waals surface area contributed by atoms with Crippen LogP contribution in [-0.2, 0) is 23.7 Å². The van der Waals surface area contributed by atoms with Gasteiger partial charge in [0.2, 0.25) is 5.91 Å². The molecule has 12 atom stereocenters. The van der Waals surface area contributed by atoms with Gasteiger partial charge in [0, 0.05) is 6.42 Å². The Kier molecular flexibility index (Phi) is 46.3. The molecule has 0 bridgehead atoms. The lowest BCUT2D eigenvalue weighted by Gasteiger charge is -2.46. The smallest absolute Gasteiger partial charge is 0.220 e. The number of unbranched alkanes of at least 4 members (excludes halogenated alkanes) is 12. The first-order chi connectivity index (χ1) is 40.1. The fraction of sp³-hybridized carbons (Fsp3) is 0.632. The molecule has 2 heterocycles. The number of hydrogen-bond donors (Lipinski definition) is 9. The SMILES string of the molecule is CC/C=C\C/C=C\C/C=C\C/C=C\C/C=C\C/C=C\C/C=C\C/C=C\C/C=C\C/C=C\C/C=C\CCCCCCCCCC(=O)NC(COC1OC(CO)C(OC2OC(CO)C(O)C(O)C2O)C(O)C1O)C(O)/C=C/CCCCCCC. The molecule has 0 aliphatic carbocycles. The van der Waals surface area contributed by atoms with Gasteiger partial charge in [0.25, 0.3) is 0 Å². The maximum absolute atomic E-state index is 13.2. The number of aliphatic hydroxyl groups is 8. The Balaban J connectivity index is 1.58. The van der Waals surface area contributed by atoms with Gasteiger partial charge >= 0.3 is 0 Å². The zero-order chi connectivity index (χ0) is 59.5. The molecule has 12 unspecified atom stereocenters. The van der Waals surface area contributed by atoms with Crippen LogP contribution in [-0.4, -0.2) is 140 Å². The van der Waals surface area contributed by atoms with Crippen LogP contribution in [0.5, 0.6) is 0 Å². The van der Waals surface area contributed by atoms with E-state index in [1.165, 1.54) is 6.42 Å². The minimum absolute atomic E-state index is 0.258. The summed E-state index contributed by atoms with van der Waals surface area (Å²) in [5, 5.41) is 86.6. The monoisotopic (exact) mass is 1150 g/mol. The molecule has 0 aromatic heterocycles. The number of hydrogen-bond acceptors (Lipinski definition) is 13. The lowest BCUT2D eigenvalue weighted by molar-refractivity contribution is -0.359. The van der Waals surface area contributed by atoms with Crippen molar-refractivity contribution in [1.29, 1.82) is 0 Å². The van der Waals surface area contributed by atoms with Crippen LogP contribution in [0.1, 0.15) is 181 Å². The Labute approximate surface area is 493 Å². The highest BCUT2D eigenvalue weighted by atomic mass is 16.7. The fourth-order valence-electron chi connectivity index (χ4n) is 9.06. The Hall–Kier alpha value is -4.13. The second-order valence-corrected chi connectivity index (χ2v) is 21.1. The van der Waals surface area contributed by atoms with E-state index in [1.807, 2.05) is 6.08 Å². The van der Waals surface area contributed by atoms with E-state index < -0.39 is 86.8 Å². The fourth-order valence-corrected chi connectivity index (χ4v) is 9.06. The van der Waals surface area contributed by atoms with Crippen LogP contribution in [0.2, 0.25) is 0 Å². The zero-order valence-corrected chi connectivity index (χ0v) is 49.9. The Morgan fingerprint density at radius 3 is 1.29 bits per heavy atom. The third-order valence-electron chi connectivity index (χ3n) is 14.0. The molecule has 0 aromatic rings. The molecule has 0 saturated carbocycles. The largest absolute Gasteiger partial charge is 0.394 e. The van der Waals surface area contributed by atoms with Crippen LogP contribution >= 0.6 is 0 Å². The van der Waals surface area contributed by atoms with E-state index in [0.29, 0.717) is 6.42 Å². The number of ether oxygens (including phenoxy) is 4. The Morgan fingerprint density at radius 2 is 0.841 bits per heavy atom. The molecular weight excluding hydrogens is 1040 g/mol. The molecule has 9 N–H and O–H groups in total. The zero-order valence-electron chi connectivity index (χ0n) is 49.9. The highest BCUT2D eigenvalue weighted by Crippen LogP contribution is 2.30. The van der Waals surface area contributed by atoms with Crippen LogP contribution < -0.4 is 5.32 Å². The normalized spacial score (nSPS) is 25.0. The van der Waals surface area contributed by atoms with Crippen molar-refractivity contribution >= 4 is 5.91 Å². The molecule has 14 nitrogen and oxygen atoms in total.